The summed E-state index contributed by atoms with van der Waals surface area (Å²) in [5.41, 5.74) is 7.03. The van der Waals surface area contributed by atoms with Crippen LogP contribution in [0.15, 0.2) is 41.4 Å². The van der Waals surface area contributed by atoms with Crippen LogP contribution in [0, 0.1) is 17.5 Å². The van der Waals surface area contributed by atoms with Gasteiger partial charge in [0.2, 0.25) is 5.91 Å². The lowest BCUT2D eigenvalue weighted by Gasteiger charge is -2.08. The number of nitrogens with one attached hydrogen (secondary N) is 2. The molecule has 5 nitrogen and oxygen atoms in total. The van der Waals surface area contributed by atoms with Gasteiger partial charge in [-0.2, -0.15) is 0 Å². The maximum atomic E-state index is 13.5. The number of anilines is 2. The molecule has 2 rings (SSSR count). The fraction of sp³-hybridized carbons (Fsp3) is 0.176. The van der Waals surface area contributed by atoms with Crippen LogP contribution in [0.5, 0.6) is 0 Å². The van der Waals surface area contributed by atoms with Crippen LogP contribution in [0.25, 0.3) is 0 Å². The van der Waals surface area contributed by atoms with Crippen LogP contribution in [-0.2, 0) is 11.2 Å². The summed E-state index contributed by atoms with van der Waals surface area (Å²) in [6, 6.07) is 9.13. The van der Waals surface area contributed by atoms with Crippen LogP contribution in [-0.4, -0.2) is 18.4 Å². The first-order chi connectivity index (χ1) is 11.9. The van der Waals surface area contributed by atoms with Crippen LogP contribution in [0.1, 0.15) is 12.5 Å². The number of nitrogens with zero attached hydrogens (tertiary/aromatic N) is 1. The van der Waals surface area contributed by atoms with Gasteiger partial charge in [0.15, 0.2) is 23.4 Å². The molecule has 0 aliphatic carbocycles. The summed E-state index contributed by atoms with van der Waals surface area (Å²) in [4.78, 5) is 15.6. The van der Waals surface area contributed by atoms with Gasteiger partial charge in [-0.15, -0.1) is 24.0 Å². The van der Waals surface area contributed by atoms with Gasteiger partial charge in [-0.1, -0.05) is 19.1 Å². The number of carbonyl (C=O) groups is 1. The van der Waals surface area contributed by atoms with E-state index in [0.29, 0.717) is 11.8 Å². The number of aliphatic imine (C=N–C) groups is 1. The van der Waals surface area contributed by atoms with Crippen LogP contribution < -0.4 is 16.4 Å². The number of benzene rings is 2. The van der Waals surface area contributed by atoms with Crippen LogP contribution in [0.4, 0.5) is 24.5 Å². The van der Waals surface area contributed by atoms with Crippen molar-refractivity contribution in [3.05, 3.63) is 59.4 Å². The fourth-order valence-electron chi connectivity index (χ4n) is 2.03. The van der Waals surface area contributed by atoms with E-state index in [1.807, 2.05) is 25.1 Å². The van der Waals surface area contributed by atoms with E-state index < -0.39 is 35.6 Å². The Bertz CT molecular complexity index is 815. The van der Waals surface area contributed by atoms with Crippen LogP contribution in [0.3, 0.4) is 0 Å². The van der Waals surface area contributed by atoms with Crippen molar-refractivity contribution in [1.82, 2.24) is 0 Å². The van der Waals surface area contributed by atoms with Crippen LogP contribution in [0.2, 0.25) is 0 Å². The minimum Gasteiger partial charge on any atom is -0.370 e. The summed E-state index contributed by atoms with van der Waals surface area (Å²) >= 11 is 0. The molecule has 4 N–H and O–H groups in total. The second-order valence-electron chi connectivity index (χ2n) is 5.15. The number of carbonyl (C=O) groups excluding carboxylic acids is 1. The Morgan fingerprint density at radius 3 is 2.54 bits per heavy atom. The number of hydrogen-bond donors (Lipinski definition) is 3. The first-order valence-electron chi connectivity index (χ1n) is 7.50. The molecule has 2 aromatic carbocycles. The van der Waals surface area contributed by atoms with Gasteiger partial charge in [0.25, 0.3) is 0 Å². The zero-order valence-electron chi connectivity index (χ0n) is 13.9. The molecule has 0 radical (unpaired) electrons. The molecule has 0 spiro atoms. The monoisotopic (exact) mass is 478 g/mol. The minimum atomic E-state index is -1.65. The molecule has 0 aliphatic rings. The first-order valence-corrected chi connectivity index (χ1v) is 7.50. The molecule has 0 saturated carbocycles. The van der Waals surface area contributed by atoms with Crippen molar-refractivity contribution >= 4 is 47.2 Å². The molecule has 0 unspecified atom stereocenters. The summed E-state index contributed by atoms with van der Waals surface area (Å²) < 4.78 is 39.4. The Hall–Kier alpha value is -2.30. The smallest absolute Gasteiger partial charge is 0.246 e. The maximum absolute atomic E-state index is 13.5. The Morgan fingerprint density at radius 2 is 1.85 bits per heavy atom. The van der Waals surface area contributed by atoms with Gasteiger partial charge >= 0.3 is 0 Å². The fourth-order valence-corrected chi connectivity index (χ4v) is 2.03. The Balaban J connectivity index is 0.00000338. The van der Waals surface area contributed by atoms with E-state index in [-0.39, 0.29) is 29.9 Å². The number of guanidine groups is 1. The molecule has 26 heavy (non-hydrogen) atoms. The average Bonchev–Trinajstić information content (AvgIpc) is 2.60. The molecule has 1 amide bonds. The number of hydrogen-bond acceptors (Lipinski definition) is 2. The maximum Gasteiger partial charge on any atom is 0.246 e. The molecule has 0 aliphatic heterocycles. The van der Waals surface area contributed by atoms with E-state index in [4.69, 9.17) is 5.73 Å². The van der Waals surface area contributed by atoms with Crippen molar-refractivity contribution in [1.29, 1.82) is 0 Å². The van der Waals surface area contributed by atoms with E-state index in [1.165, 1.54) is 0 Å². The molecular weight excluding hydrogens is 460 g/mol. The molecule has 0 atom stereocenters. The van der Waals surface area contributed by atoms with E-state index in [9.17, 15) is 18.0 Å². The summed E-state index contributed by atoms with van der Waals surface area (Å²) in [7, 11) is 0. The predicted octanol–water partition coefficient (Wildman–Crippen LogP) is 3.65. The number of amides is 1. The van der Waals surface area contributed by atoms with Crippen molar-refractivity contribution < 1.29 is 18.0 Å². The van der Waals surface area contributed by atoms with Crippen molar-refractivity contribution in [3.63, 3.8) is 0 Å². The van der Waals surface area contributed by atoms with Gasteiger partial charge in [-0.25, -0.2) is 18.2 Å². The third kappa shape index (κ3) is 5.90. The summed E-state index contributed by atoms with van der Waals surface area (Å²) in [6.45, 7) is 1.60. The molecule has 0 fully saturated rings. The number of halogens is 4. The summed E-state index contributed by atoms with van der Waals surface area (Å²) in [5, 5.41) is 4.93. The lowest BCUT2D eigenvalue weighted by atomic mass is 10.1. The summed E-state index contributed by atoms with van der Waals surface area (Å²) in [6.07, 6.45) is 0.856. The van der Waals surface area contributed by atoms with E-state index in [1.54, 1.807) is 6.07 Å². The van der Waals surface area contributed by atoms with Gasteiger partial charge in [0, 0.05) is 5.69 Å². The largest absolute Gasteiger partial charge is 0.370 e. The van der Waals surface area contributed by atoms with E-state index in [0.717, 1.165) is 18.1 Å². The zero-order valence-corrected chi connectivity index (χ0v) is 16.2. The van der Waals surface area contributed by atoms with Gasteiger partial charge in [-0.3, -0.25) is 4.79 Å². The van der Waals surface area contributed by atoms with Gasteiger partial charge in [0.1, 0.15) is 6.54 Å². The first kappa shape index (κ1) is 21.7. The molecule has 0 heterocycles. The molecule has 2 aromatic rings. The Labute approximate surface area is 165 Å². The number of rotatable bonds is 5. The number of aryl methyl sites for hydroxylation is 1. The molecule has 0 saturated heterocycles. The SMILES string of the molecule is CCc1cccc(NC(N)=NCC(=O)Nc2ccc(F)c(F)c2F)c1.I. The molecule has 0 aromatic heterocycles. The number of nitrogens with two attached hydrogens (primary N) is 1. The highest BCUT2D eigenvalue weighted by Crippen LogP contribution is 2.19. The lowest BCUT2D eigenvalue weighted by Crippen LogP contribution is -2.25. The molecule has 9 heteroatoms. The third-order valence-electron chi connectivity index (χ3n) is 3.31. The van der Waals surface area contributed by atoms with Crippen molar-refractivity contribution in [3.8, 4) is 0 Å². The van der Waals surface area contributed by atoms with Gasteiger partial charge in [0.05, 0.1) is 5.69 Å². The Morgan fingerprint density at radius 1 is 1.12 bits per heavy atom. The second kappa shape index (κ2) is 10.00. The van der Waals surface area contributed by atoms with E-state index in [2.05, 4.69) is 15.6 Å². The third-order valence-corrected chi connectivity index (χ3v) is 3.31. The molecule has 0 bridgehead atoms. The van der Waals surface area contributed by atoms with E-state index >= 15 is 0 Å². The quantitative estimate of drug-likeness (QED) is 0.266. The van der Waals surface area contributed by atoms with Gasteiger partial charge < -0.3 is 16.4 Å². The van der Waals surface area contributed by atoms with Crippen molar-refractivity contribution in [2.45, 2.75) is 13.3 Å². The average molecular weight is 478 g/mol. The van der Waals surface area contributed by atoms with Crippen molar-refractivity contribution in [2.24, 2.45) is 10.7 Å². The lowest BCUT2D eigenvalue weighted by molar-refractivity contribution is -0.114. The molecule has 140 valence electrons. The summed E-state index contributed by atoms with van der Waals surface area (Å²) in [5.74, 6) is -5.19. The van der Waals surface area contributed by atoms with Crippen molar-refractivity contribution in [2.75, 3.05) is 17.2 Å². The normalized spacial score (nSPS) is 10.8. The van der Waals surface area contributed by atoms with Gasteiger partial charge in [-0.05, 0) is 36.2 Å². The topological polar surface area (TPSA) is 79.5 Å². The highest BCUT2D eigenvalue weighted by Gasteiger charge is 2.15. The highest BCUT2D eigenvalue weighted by atomic mass is 127. The molecular formula is C17H18F3IN4O. The van der Waals surface area contributed by atoms with Crippen LogP contribution >= 0.6 is 24.0 Å². The zero-order chi connectivity index (χ0) is 18.4. The predicted molar refractivity (Wildman–Crippen MR) is 106 cm³/mol. The Kier molecular flexibility index (Phi) is 8.36. The second-order valence-corrected chi connectivity index (χ2v) is 5.15. The standard InChI is InChI=1S/C17H17F3N4O.HI/c1-2-10-4-3-5-11(8-10)23-17(21)22-9-14(25)24-13-7-6-12(18)15(19)16(13)20;/h3-8H,2,9H2,1H3,(H,24,25)(H3,21,22,23);1H. The minimum absolute atomic E-state index is 0. The highest BCUT2D eigenvalue weighted by molar-refractivity contribution is 14.0.